The van der Waals surface area contributed by atoms with Gasteiger partial charge in [0.25, 0.3) is 0 Å². The van der Waals surface area contributed by atoms with Crippen molar-refractivity contribution >= 4 is 6.48 Å². The molecule has 8 rings (SSSR count). The van der Waals surface area contributed by atoms with Crippen LogP contribution in [-0.2, 0) is 51.4 Å². The maximum absolute atomic E-state index is 2.91. The monoisotopic (exact) mass is 806 g/mol. The summed E-state index contributed by atoms with van der Waals surface area (Å²) in [4.78, 5) is 0. The van der Waals surface area contributed by atoms with Crippen molar-refractivity contribution in [1.29, 1.82) is 0 Å². The van der Waals surface area contributed by atoms with Crippen LogP contribution in [0.25, 0.3) is 33.4 Å². The Morgan fingerprint density at radius 1 is 0.554 bits per heavy atom. The summed E-state index contributed by atoms with van der Waals surface area (Å²) in [5.41, 5.74) is 20.0. The number of fused-ring (bicyclic) bond motifs is 3. The number of benzene rings is 6. The van der Waals surface area contributed by atoms with Crippen LogP contribution in [-0.4, -0.2) is 3.21 Å². The van der Waals surface area contributed by atoms with E-state index in [0.717, 1.165) is 25.7 Å². The minimum atomic E-state index is -2.91. The molecule has 2 aliphatic rings. The van der Waals surface area contributed by atoms with Gasteiger partial charge in [-0.25, -0.2) is 0 Å². The normalized spacial score (nSPS) is 13.4. The van der Waals surface area contributed by atoms with Gasteiger partial charge >= 0.3 is 346 Å². The van der Waals surface area contributed by atoms with Gasteiger partial charge in [-0.05, 0) is 0 Å². The Morgan fingerprint density at radius 2 is 1.09 bits per heavy atom. The summed E-state index contributed by atoms with van der Waals surface area (Å²) in [5, 5.41) is 0. The van der Waals surface area contributed by atoms with Gasteiger partial charge in [0.2, 0.25) is 0 Å². The molecule has 0 unspecified atom stereocenters. The molecular formula is C55H56Zr. The van der Waals surface area contributed by atoms with Gasteiger partial charge in [-0.1, -0.05) is 0 Å². The number of rotatable bonds is 8. The van der Waals surface area contributed by atoms with E-state index in [2.05, 4.69) is 201 Å². The molecule has 0 spiro atoms. The first-order chi connectivity index (χ1) is 26.9. The zero-order valence-corrected chi connectivity index (χ0v) is 37.1. The third kappa shape index (κ3) is 7.53. The van der Waals surface area contributed by atoms with E-state index in [1.54, 1.807) is 15.3 Å². The first-order valence-electron chi connectivity index (χ1n) is 20.5. The molecule has 0 fully saturated rings. The van der Waals surface area contributed by atoms with Gasteiger partial charge < -0.3 is 0 Å². The number of hydrogen-bond acceptors (Lipinski definition) is 0. The van der Waals surface area contributed by atoms with E-state index in [-0.39, 0.29) is 10.8 Å². The first kappa shape index (κ1) is 38.4. The third-order valence-corrected chi connectivity index (χ3v) is 19.7. The molecule has 0 N–H and O–H groups in total. The Balaban J connectivity index is 1.52. The molecule has 0 saturated carbocycles. The molecule has 6 aromatic carbocycles. The van der Waals surface area contributed by atoms with Gasteiger partial charge in [-0.15, -0.1) is 0 Å². The number of hydrogen-bond donors (Lipinski definition) is 0. The predicted octanol–water partition coefficient (Wildman–Crippen LogP) is 13.5. The van der Waals surface area contributed by atoms with E-state index in [4.69, 9.17) is 0 Å². The van der Waals surface area contributed by atoms with Crippen LogP contribution in [0, 0.1) is 13.8 Å². The van der Waals surface area contributed by atoms with E-state index < -0.39 is 21.3 Å². The van der Waals surface area contributed by atoms with Gasteiger partial charge in [0.05, 0.1) is 0 Å². The van der Waals surface area contributed by atoms with Crippen LogP contribution in [0.1, 0.15) is 92.5 Å². The Hall–Kier alpha value is -4.45. The molecule has 0 heterocycles. The van der Waals surface area contributed by atoms with Crippen LogP contribution < -0.4 is 3.27 Å². The molecule has 0 radical (unpaired) electrons. The average molecular weight is 808 g/mol. The van der Waals surface area contributed by atoms with E-state index >= 15 is 0 Å². The molecule has 0 aliphatic heterocycles. The van der Waals surface area contributed by atoms with Crippen molar-refractivity contribution in [1.82, 2.24) is 0 Å². The Kier molecular flexibility index (Phi) is 10.6. The zero-order valence-electron chi connectivity index (χ0n) is 34.7. The number of allylic oxidation sites excluding steroid dienone is 4. The van der Waals surface area contributed by atoms with Crippen LogP contribution in [0.2, 0.25) is 0 Å². The summed E-state index contributed by atoms with van der Waals surface area (Å²) >= 11 is -2.91. The van der Waals surface area contributed by atoms with Crippen molar-refractivity contribution in [2.75, 3.05) is 0 Å². The van der Waals surface area contributed by atoms with Gasteiger partial charge in [0.1, 0.15) is 0 Å². The Morgan fingerprint density at radius 3 is 1.62 bits per heavy atom. The van der Waals surface area contributed by atoms with Crippen molar-refractivity contribution in [2.45, 2.75) is 91.9 Å². The van der Waals surface area contributed by atoms with Crippen molar-refractivity contribution in [2.24, 2.45) is 0 Å². The van der Waals surface area contributed by atoms with E-state index in [0.29, 0.717) is 0 Å². The zero-order chi connectivity index (χ0) is 39.2. The van der Waals surface area contributed by atoms with Gasteiger partial charge in [-0.3, -0.25) is 0 Å². The third-order valence-electron chi connectivity index (χ3n) is 12.0. The second-order valence-electron chi connectivity index (χ2n) is 18.2. The standard InChI is InChI=1S/C35H37.C15H14.C5H5.Zr/c1-22-13-9-11-15-26(22)30-18-24-17-25-19-31(27-16-12-10-14-23(27)2)33(35(6,7)8)21-29(25)28(24)20-32(30)34(3,4)5;1-3-8-14(9-4-1)12-7-13-15-10-5-2-6-11-15;1-2-4-5-3-1;/h9-16,18,20-21H,17H2,1-8H3;1-6,8-11H,12-13H2;1-3H,4H2;. The summed E-state index contributed by atoms with van der Waals surface area (Å²) in [5.74, 6) is 0. The Labute approximate surface area is 344 Å². The summed E-state index contributed by atoms with van der Waals surface area (Å²) in [6.45, 7) is 19.1. The predicted molar refractivity (Wildman–Crippen MR) is 239 cm³/mol. The fourth-order valence-electron chi connectivity index (χ4n) is 9.22. The maximum atomic E-state index is 2.64. The van der Waals surface area contributed by atoms with E-state index in [9.17, 15) is 0 Å². The summed E-state index contributed by atoms with van der Waals surface area (Å²) in [6, 6.07) is 48.6. The van der Waals surface area contributed by atoms with Crippen LogP contribution in [0.4, 0.5) is 0 Å². The second-order valence-corrected chi connectivity index (χ2v) is 24.6. The van der Waals surface area contributed by atoms with Crippen LogP contribution in [0.5, 0.6) is 0 Å². The summed E-state index contributed by atoms with van der Waals surface area (Å²) in [7, 11) is 0. The quantitative estimate of drug-likeness (QED) is 0.143. The van der Waals surface area contributed by atoms with Crippen molar-refractivity contribution in [3.8, 4) is 33.4 Å². The van der Waals surface area contributed by atoms with Gasteiger partial charge in [0, 0.05) is 0 Å². The molecule has 0 saturated heterocycles. The van der Waals surface area contributed by atoms with Crippen LogP contribution >= 0.6 is 0 Å². The molecule has 0 nitrogen and oxygen atoms in total. The van der Waals surface area contributed by atoms with Crippen LogP contribution in [0.15, 0.2) is 149 Å². The number of aryl methyl sites for hydroxylation is 2. The summed E-state index contributed by atoms with van der Waals surface area (Å²) < 4.78 is 5.17. The second kappa shape index (κ2) is 15.5. The van der Waals surface area contributed by atoms with Gasteiger partial charge in [-0.2, -0.15) is 0 Å². The van der Waals surface area contributed by atoms with Crippen LogP contribution in [0.3, 0.4) is 0 Å². The van der Waals surface area contributed by atoms with Crippen molar-refractivity contribution in [3.63, 3.8) is 0 Å². The molecule has 0 atom stereocenters. The molecule has 2 aliphatic carbocycles. The topological polar surface area (TPSA) is 0 Å². The molecule has 1 heteroatoms. The molecule has 6 aromatic rings. The van der Waals surface area contributed by atoms with Crippen molar-refractivity contribution in [3.05, 3.63) is 193 Å². The van der Waals surface area contributed by atoms with Gasteiger partial charge in [0.15, 0.2) is 0 Å². The molecule has 0 amide bonds. The molecule has 0 bridgehead atoms. The fourth-order valence-corrected chi connectivity index (χ4v) is 17.9. The average Bonchev–Trinajstić information content (AvgIpc) is 3.83. The molecule has 280 valence electrons. The fraction of sp³-hybridized carbons (Fsp3) is 0.255. The van der Waals surface area contributed by atoms with Crippen molar-refractivity contribution < 1.29 is 21.3 Å². The molecular weight excluding hydrogens is 752 g/mol. The minimum absolute atomic E-state index is 0.0141. The Bertz CT molecular complexity index is 2480. The summed E-state index contributed by atoms with van der Waals surface area (Å²) in [6.07, 6.45) is 11.4. The molecule has 0 aromatic heterocycles. The molecule has 56 heavy (non-hydrogen) atoms. The van der Waals surface area contributed by atoms with E-state index in [1.165, 1.54) is 72.3 Å². The first-order valence-corrected chi connectivity index (χ1v) is 24.2. The van der Waals surface area contributed by atoms with E-state index in [1.807, 2.05) is 0 Å². The SMILES string of the molecule is Cc1ccccc1-c1cc2c(cc1C(C)(C)C)-c1cc(C(C)(C)C)c(-c3ccccc3C)[c]([Zr]([C]3=CC=CC3)=[C](Cc3ccccc3)Cc3ccccc3)c1C2.